The van der Waals surface area contributed by atoms with E-state index in [2.05, 4.69) is 23.0 Å². The molecular weight excluding hydrogens is 398 g/mol. The maximum Gasteiger partial charge on any atom is 0.264 e. The Labute approximate surface area is 179 Å². The van der Waals surface area contributed by atoms with Crippen molar-refractivity contribution < 1.29 is 14.3 Å². The second-order valence-electron chi connectivity index (χ2n) is 7.87. The third-order valence-corrected chi connectivity index (χ3v) is 7.17. The van der Waals surface area contributed by atoms with Crippen LogP contribution < -0.4 is 9.47 Å². The van der Waals surface area contributed by atoms with Gasteiger partial charge in [0.15, 0.2) is 11.5 Å². The molecule has 2 aliphatic rings. The van der Waals surface area contributed by atoms with E-state index < -0.39 is 0 Å². The van der Waals surface area contributed by atoms with Crippen LogP contribution in [0.3, 0.4) is 0 Å². The quantitative estimate of drug-likeness (QED) is 0.615. The molecule has 6 nitrogen and oxygen atoms in total. The molecule has 3 aromatic rings. The van der Waals surface area contributed by atoms with Gasteiger partial charge in [-0.05, 0) is 49.9 Å². The number of ether oxygens (including phenoxy) is 2. The molecule has 7 heteroatoms. The minimum absolute atomic E-state index is 0.0522. The van der Waals surface area contributed by atoms with Crippen LogP contribution in [0.4, 0.5) is 0 Å². The molecule has 0 bridgehead atoms. The Bertz CT molecular complexity index is 1140. The van der Waals surface area contributed by atoms with Crippen molar-refractivity contribution in [1.82, 2.24) is 14.9 Å². The Balaban J connectivity index is 1.50. The van der Waals surface area contributed by atoms with E-state index in [-0.39, 0.29) is 11.9 Å². The van der Waals surface area contributed by atoms with E-state index in [4.69, 9.17) is 9.47 Å². The topological polar surface area (TPSA) is 64.6 Å². The summed E-state index contributed by atoms with van der Waals surface area (Å²) >= 11 is 1.50. The number of aromatic nitrogens is 2. The van der Waals surface area contributed by atoms with Crippen LogP contribution in [0.2, 0.25) is 0 Å². The van der Waals surface area contributed by atoms with E-state index in [1.54, 1.807) is 0 Å². The fourth-order valence-corrected chi connectivity index (χ4v) is 5.72. The van der Waals surface area contributed by atoms with Gasteiger partial charge in [0.2, 0.25) is 0 Å². The number of amides is 1. The molecule has 0 spiro atoms. The van der Waals surface area contributed by atoms with E-state index >= 15 is 0 Å². The maximum atomic E-state index is 13.6. The van der Waals surface area contributed by atoms with E-state index in [0.717, 1.165) is 75.0 Å². The second-order valence-corrected chi connectivity index (χ2v) is 8.87. The summed E-state index contributed by atoms with van der Waals surface area (Å²) in [5, 5.41) is 1.02. The maximum absolute atomic E-state index is 13.6. The third kappa shape index (κ3) is 3.12. The SMILES string of the molecule is CCc1nc(C)c2c(C)c(C(=O)N3CCC[C@@H]3c3ccc4c(c3)OCCO4)sc2n1. The van der Waals surface area contributed by atoms with Crippen molar-refractivity contribution in [3.63, 3.8) is 0 Å². The van der Waals surface area contributed by atoms with Gasteiger partial charge in [0.25, 0.3) is 5.91 Å². The van der Waals surface area contributed by atoms with Crippen LogP contribution in [-0.2, 0) is 6.42 Å². The molecule has 1 fully saturated rings. The number of benzene rings is 1. The van der Waals surface area contributed by atoms with Crippen molar-refractivity contribution in [2.75, 3.05) is 19.8 Å². The van der Waals surface area contributed by atoms with Gasteiger partial charge in [0.1, 0.15) is 23.9 Å². The van der Waals surface area contributed by atoms with Crippen LogP contribution in [0.15, 0.2) is 18.2 Å². The fourth-order valence-electron chi connectivity index (χ4n) is 4.51. The summed E-state index contributed by atoms with van der Waals surface area (Å²) in [5.74, 6) is 2.47. The number of carbonyl (C=O) groups excluding carboxylic acids is 1. The molecule has 0 unspecified atom stereocenters. The van der Waals surface area contributed by atoms with Crippen LogP contribution in [-0.4, -0.2) is 40.5 Å². The number of likely N-dealkylation sites (tertiary alicyclic amines) is 1. The lowest BCUT2D eigenvalue weighted by atomic mass is 10.0. The molecule has 2 aliphatic heterocycles. The highest BCUT2D eigenvalue weighted by Gasteiger charge is 2.33. The van der Waals surface area contributed by atoms with Crippen molar-refractivity contribution >= 4 is 27.5 Å². The zero-order chi connectivity index (χ0) is 20.8. The van der Waals surface area contributed by atoms with Gasteiger partial charge in [-0.25, -0.2) is 9.97 Å². The summed E-state index contributed by atoms with van der Waals surface area (Å²) in [7, 11) is 0. The first kappa shape index (κ1) is 19.3. The minimum atomic E-state index is 0.0522. The van der Waals surface area contributed by atoms with Crippen LogP contribution in [0, 0.1) is 13.8 Å². The lowest BCUT2D eigenvalue weighted by Crippen LogP contribution is -2.30. The van der Waals surface area contributed by atoms with Crippen LogP contribution >= 0.6 is 11.3 Å². The Morgan fingerprint density at radius 2 is 2.00 bits per heavy atom. The molecule has 1 aromatic carbocycles. The summed E-state index contributed by atoms with van der Waals surface area (Å²) in [6.07, 6.45) is 2.73. The Kier molecular flexibility index (Phi) is 4.85. The standard InChI is InChI=1S/C23H25N3O3S/c1-4-19-24-14(3)20-13(2)21(30-22(20)25-19)23(27)26-9-5-6-16(26)15-7-8-17-18(12-15)29-11-10-28-17/h7-8,12,16H,4-6,9-11H2,1-3H3/t16-/m1/s1. The van der Waals surface area contributed by atoms with Crippen LogP contribution in [0.1, 0.15) is 58.1 Å². The van der Waals surface area contributed by atoms with Crippen molar-refractivity contribution in [3.05, 3.63) is 45.7 Å². The molecule has 2 aromatic heterocycles. The lowest BCUT2D eigenvalue weighted by Gasteiger charge is -2.26. The van der Waals surface area contributed by atoms with E-state index in [0.29, 0.717) is 13.2 Å². The Morgan fingerprint density at radius 3 is 2.80 bits per heavy atom. The highest BCUT2D eigenvalue weighted by Crippen LogP contribution is 2.40. The monoisotopic (exact) mass is 423 g/mol. The summed E-state index contributed by atoms with van der Waals surface area (Å²) in [6, 6.07) is 6.10. The van der Waals surface area contributed by atoms with Crippen molar-refractivity contribution in [1.29, 1.82) is 0 Å². The van der Waals surface area contributed by atoms with Gasteiger partial charge in [-0.15, -0.1) is 11.3 Å². The van der Waals surface area contributed by atoms with Crippen molar-refractivity contribution in [3.8, 4) is 11.5 Å². The molecule has 0 saturated carbocycles. The average molecular weight is 424 g/mol. The molecule has 0 aliphatic carbocycles. The highest BCUT2D eigenvalue weighted by atomic mass is 32.1. The predicted molar refractivity (Wildman–Crippen MR) is 117 cm³/mol. The summed E-state index contributed by atoms with van der Waals surface area (Å²) in [5.41, 5.74) is 3.05. The number of hydrogen-bond acceptors (Lipinski definition) is 6. The van der Waals surface area contributed by atoms with Crippen molar-refractivity contribution in [2.24, 2.45) is 0 Å². The smallest absolute Gasteiger partial charge is 0.264 e. The van der Waals surface area contributed by atoms with E-state index in [1.807, 2.05) is 30.9 Å². The predicted octanol–water partition coefficient (Wildman–Crippen LogP) is 4.62. The van der Waals surface area contributed by atoms with E-state index in [1.165, 1.54) is 11.3 Å². The highest BCUT2D eigenvalue weighted by molar-refractivity contribution is 7.20. The molecule has 0 radical (unpaired) electrons. The molecule has 156 valence electrons. The van der Waals surface area contributed by atoms with Crippen molar-refractivity contribution in [2.45, 2.75) is 46.1 Å². The number of rotatable bonds is 3. The first-order valence-electron chi connectivity index (χ1n) is 10.5. The fraction of sp³-hybridized carbons (Fsp3) is 0.435. The van der Waals surface area contributed by atoms with Gasteiger partial charge in [-0.2, -0.15) is 0 Å². The first-order chi connectivity index (χ1) is 14.6. The molecule has 1 amide bonds. The number of hydrogen-bond donors (Lipinski definition) is 0. The Hall–Kier alpha value is -2.67. The second kappa shape index (κ2) is 7.54. The minimum Gasteiger partial charge on any atom is -0.486 e. The molecule has 30 heavy (non-hydrogen) atoms. The van der Waals surface area contributed by atoms with Gasteiger partial charge < -0.3 is 14.4 Å². The van der Waals surface area contributed by atoms with Gasteiger partial charge in [-0.1, -0.05) is 13.0 Å². The molecule has 4 heterocycles. The molecule has 1 saturated heterocycles. The number of thiophene rings is 1. The first-order valence-corrected chi connectivity index (χ1v) is 11.4. The lowest BCUT2D eigenvalue weighted by molar-refractivity contribution is 0.0739. The Morgan fingerprint density at radius 1 is 1.20 bits per heavy atom. The third-order valence-electron chi connectivity index (χ3n) is 5.99. The molecule has 0 N–H and O–H groups in total. The largest absolute Gasteiger partial charge is 0.486 e. The van der Waals surface area contributed by atoms with E-state index in [9.17, 15) is 4.79 Å². The van der Waals surface area contributed by atoms with Crippen LogP contribution in [0.5, 0.6) is 11.5 Å². The number of nitrogens with zero attached hydrogens (tertiary/aromatic N) is 3. The summed E-state index contributed by atoms with van der Waals surface area (Å²) < 4.78 is 11.4. The van der Waals surface area contributed by atoms with Gasteiger partial charge in [0, 0.05) is 24.0 Å². The normalized spacial score (nSPS) is 18.2. The molecular formula is C23H25N3O3S. The number of aryl methyl sites for hydroxylation is 3. The average Bonchev–Trinajstić information content (AvgIpc) is 3.38. The van der Waals surface area contributed by atoms with Gasteiger partial charge >= 0.3 is 0 Å². The molecule has 1 atom stereocenters. The van der Waals surface area contributed by atoms with Gasteiger partial charge in [-0.3, -0.25) is 4.79 Å². The van der Waals surface area contributed by atoms with Crippen LogP contribution in [0.25, 0.3) is 10.2 Å². The number of fused-ring (bicyclic) bond motifs is 2. The summed E-state index contributed by atoms with van der Waals surface area (Å²) in [6.45, 7) is 7.97. The zero-order valence-electron chi connectivity index (χ0n) is 17.5. The summed E-state index contributed by atoms with van der Waals surface area (Å²) in [4.78, 5) is 26.6. The number of carbonyl (C=O) groups is 1. The zero-order valence-corrected chi connectivity index (χ0v) is 18.3. The molecule has 5 rings (SSSR count). The van der Waals surface area contributed by atoms with Gasteiger partial charge in [0.05, 0.1) is 10.9 Å².